The molecule has 0 atom stereocenters. The number of dihydropyridines is 1. The molecule has 3 N–H and O–H groups in total. The molecule has 6 nitrogen and oxygen atoms in total. The smallest absolute Gasteiger partial charge is 0.335 e. The van der Waals surface area contributed by atoms with Crippen LogP contribution in [-0.4, -0.2) is 28.8 Å². The van der Waals surface area contributed by atoms with E-state index in [9.17, 15) is 9.90 Å². The standard InChI is InChI=1S/C16H19NO5S/c1-2-7-21-16(19)11-3-6-15(17-9-11)22-13-4-5-14(23-20)12(8-13)10-18/h3-6,8,17-18,20H,2,7,9-10H2,1H3. The van der Waals surface area contributed by atoms with Crippen LogP contribution in [0.4, 0.5) is 0 Å². The molecule has 0 spiro atoms. The van der Waals surface area contributed by atoms with Crippen molar-refractivity contribution in [2.24, 2.45) is 0 Å². The van der Waals surface area contributed by atoms with Gasteiger partial charge in [-0.05, 0) is 42.3 Å². The number of ether oxygens (including phenoxy) is 2. The number of rotatable bonds is 7. The van der Waals surface area contributed by atoms with E-state index in [1.54, 1.807) is 30.4 Å². The Morgan fingerprint density at radius 3 is 2.83 bits per heavy atom. The van der Waals surface area contributed by atoms with Crippen molar-refractivity contribution in [3.05, 3.63) is 47.4 Å². The number of nitrogens with one attached hydrogen (secondary N) is 1. The Labute approximate surface area is 139 Å². The van der Waals surface area contributed by atoms with Gasteiger partial charge in [0.25, 0.3) is 0 Å². The van der Waals surface area contributed by atoms with E-state index in [0.717, 1.165) is 6.42 Å². The molecule has 23 heavy (non-hydrogen) atoms. The van der Waals surface area contributed by atoms with Crippen LogP contribution in [0.2, 0.25) is 0 Å². The molecule has 0 radical (unpaired) electrons. The van der Waals surface area contributed by atoms with Crippen LogP contribution in [0.5, 0.6) is 5.75 Å². The highest BCUT2D eigenvalue weighted by Gasteiger charge is 2.15. The number of esters is 1. The number of aliphatic hydroxyl groups excluding tert-OH is 1. The second-order valence-corrected chi connectivity index (χ2v) is 5.46. The summed E-state index contributed by atoms with van der Waals surface area (Å²) in [6, 6.07) is 5.00. The minimum atomic E-state index is -0.332. The SMILES string of the molecule is CCCOC(=O)C1=CC=C(Oc2ccc(SO)c(CO)c2)NC1. The molecule has 1 heterocycles. The fraction of sp³-hybridized carbons (Fsp3) is 0.312. The van der Waals surface area contributed by atoms with Crippen LogP contribution >= 0.6 is 12.0 Å². The Balaban J connectivity index is 2.03. The number of carbonyl (C=O) groups excluding carboxylic acids is 1. The van der Waals surface area contributed by atoms with E-state index >= 15 is 0 Å². The zero-order chi connectivity index (χ0) is 16.7. The predicted molar refractivity (Wildman–Crippen MR) is 86.9 cm³/mol. The van der Waals surface area contributed by atoms with Crippen LogP contribution in [-0.2, 0) is 16.1 Å². The molecule has 0 bridgehead atoms. The van der Waals surface area contributed by atoms with Gasteiger partial charge in [-0.25, -0.2) is 4.79 Å². The van der Waals surface area contributed by atoms with Crippen molar-refractivity contribution in [3.63, 3.8) is 0 Å². The molecule has 1 aromatic carbocycles. The zero-order valence-electron chi connectivity index (χ0n) is 12.7. The minimum absolute atomic E-state index is 0.195. The number of hydrogen-bond donors (Lipinski definition) is 3. The fourth-order valence-electron chi connectivity index (χ4n) is 1.93. The largest absolute Gasteiger partial charge is 0.462 e. The lowest BCUT2D eigenvalue weighted by molar-refractivity contribution is -0.139. The Morgan fingerprint density at radius 2 is 2.22 bits per heavy atom. The van der Waals surface area contributed by atoms with E-state index in [-0.39, 0.29) is 12.6 Å². The average molecular weight is 337 g/mol. The molecule has 0 fully saturated rings. The van der Waals surface area contributed by atoms with Crippen LogP contribution in [0.3, 0.4) is 0 Å². The normalized spacial score (nSPS) is 13.7. The second kappa shape index (κ2) is 8.61. The van der Waals surface area contributed by atoms with E-state index < -0.39 is 0 Å². The van der Waals surface area contributed by atoms with Gasteiger partial charge in [-0.15, -0.1) is 0 Å². The molecule has 0 aliphatic carbocycles. The summed E-state index contributed by atoms with van der Waals surface area (Å²) < 4.78 is 19.8. The Bertz CT molecular complexity index is 627. The Kier molecular flexibility index (Phi) is 6.52. The number of aliphatic hydroxyl groups is 1. The monoisotopic (exact) mass is 337 g/mol. The summed E-state index contributed by atoms with van der Waals surface area (Å²) in [5, 5.41) is 12.3. The van der Waals surface area contributed by atoms with Gasteiger partial charge in [0.1, 0.15) is 5.75 Å². The van der Waals surface area contributed by atoms with Gasteiger partial charge in [-0.2, -0.15) is 0 Å². The van der Waals surface area contributed by atoms with Crippen molar-refractivity contribution in [2.75, 3.05) is 13.2 Å². The number of benzene rings is 1. The first-order valence-corrected chi connectivity index (χ1v) is 8.00. The lowest BCUT2D eigenvalue weighted by Gasteiger charge is -2.17. The maximum atomic E-state index is 11.7. The molecule has 0 aromatic heterocycles. The summed E-state index contributed by atoms with van der Waals surface area (Å²) >= 11 is 0.578. The minimum Gasteiger partial charge on any atom is -0.462 e. The average Bonchev–Trinajstić information content (AvgIpc) is 2.60. The third-order valence-electron chi connectivity index (χ3n) is 3.12. The molecule has 1 aliphatic heterocycles. The molecule has 124 valence electrons. The maximum Gasteiger partial charge on any atom is 0.335 e. The lowest BCUT2D eigenvalue weighted by Crippen LogP contribution is -2.27. The number of allylic oxidation sites excluding steroid dienone is 2. The predicted octanol–water partition coefficient (Wildman–Crippen LogP) is 2.45. The summed E-state index contributed by atoms with van der Waals surface area (Å²) in [7, 11) is 0. The van der Waals surface area contributed by atoms with Gasteiger partial charge in [0, 0.05) is 16.9 Å². The summed E-state index contributed by atoms with van der Waals surface area (Å²) in [5.74, 6) is 0.683. The van der Waals surface area contributed by atoms with Gasteiger partial charge < -0.3 is 24.4 Å². The van der Waals surface area contributed by atoms with Crippen molar-refractivity contribution >= 4 is 18.0 Å². The van der Waals surface area contributed by atoms with Gasteiger partial charge >= 0.3 is 5.97 Å². The summed E-state index contributed by atoms with van der Waals surface area (Å²) in [6.07, 6.45) is 4.10. The number of carbonyl (C=O) groups is 1. The first kappa shape index (κ1) is 17.4. The van der Waals surface area contributed by atoms with Crippen molar-refractivity contribution in [1.82, 2.24) is 5.32 Å². The van der Waals surface area contributed by atoms with Crippen molar-refractivity contribution in [3.8, 4) is 5.75 Å². The summed E-state index contributed by atoms with van der Waals surface area (Å²) in [5.41, 5.74) is 1.11. The van der Waals surface area contributed by atoms with Gasteiger partial charge in [0.15, 0.2) is 5.88 Å². The van der Waals surface area contributed by atoms with Gasteiger partial charge in [0.2, 0.25) is 0 Å². The van der Waals surface area contributed by atoms with Gasteiger partial charge in [0.05, 0.1) is 25.3 Å². The third kappa shape index (κ3) is 4.75. The molecule has 1 aromatic rings. The van der Waals surface area contributed by atoms with Crippen molar-refractivity contribution in [1.29, 1.82) is 0 Å². The Morgan fingerprint density at radius 1 is 1.39 bits per heavy atom. The van der Waals surface area contributed by atoms with Crippen LogP contribution in [0, 0.1) is 0 Å². The molecule has 7 heteroatoms. The lowest BCUT2D eigenvalue weighted by atomic mass is 10.2. The van der Waals surface area contributed by atoms with Crippen molar-refractivity contribution < 1.29 is 23.9 Å². The number of hydrogen-bond acceptors (Lipinski definition) is 7. The quantitative estimate of drug-likeness (QED) is 0.520. The molecular weight excluding hydrogens is 318 g/mol. The molecule has 0 saturated heterocycles. The van der Waals surface area contributed by atoms with Gasteiger partial charge in [-0.3, -0.25) is 0 Å². The van der Waals surface area contributed by atoms with Crippen LogP contribution in [0.1, 0.15) is 18.9 Å². The van der Waals surface area contributed by atoms with Crippen molar-refractivity contribution in [2.45, 2.75) is 24.8 Å². The van der Waals surface area contributed by atoms with Gasteiger partial charge in [-0.1, -0.05) is 6.92 Å². The summed E-state index contributed by atoms with van der Waals surface area (Å²) in [6.45, 7) is 2.47. The fourth-order valence-corrected chi connectivity index (χ4v) is 2.30. The van der Waals surface area contributed by atoms with E-state index in [1.165, 1.54) is 0 Å². The molecule has 2 rings (SSSR count). The summed E-state index contributed by atoms with van der Waals surface area (Å²) in [4.78, 5) is 12.3. The topological polar surface area (TPSA) is 88.0 Å². The van der Waals surface area contributed by atoms with Crippen LogP contribution in [0.15, 0.2) is 46.7 Å². The molecule has 1 aliphatic rings. The highest BCUT2D eigenvalue weighted by Crippen LogP contribution is 2.26. The molecule has 0 saturated carbocycles. The second-order valence-electron chi connectivity index (χ2n) is 4.83. The first-order valence-electron chi connectivity index (χ1n) is 7.22. The van der Waals surface area contributed by atoms with Crippen LogP contribution in [0.25, 0.3) is 0 Å². The Hall–Kier alpha value is -1.96. The first-order chi connectivity index (χ1) is 11.2. The van der Waals surface area contributed by atoms with E-state index in [4.69, 9.17) is 14.0 Å². The molecule has 0 amide bonds. The van der Waals surface area contributed by atoms with E-state index in [1.807, 2.05) is 6.92 Å². The molecular formula is C16H19NO5S. The van der Waals surface area contributed by atoms with E-state index in [0.29, 0.717) is 52.9 Å². The maximum absolute atomic E-state index is 11.7. The zero-order valence-corrected chi connectivity index (χ0v) is 13.6. The third-order valence-corrected chi connectivity index (χ3v) is 3.71. The highest BCUT2D eigenvalue weighted by atomic mass is 32.2. The van der Waals surface area contributed by atoms with Crippen LogP contribution < -0.4 is 10.1 Å². The van der Waals surface area contributed by atoms with E-state index in [2.05, 4.69) is 5.32 Å². The molecule has 0 unspecified atom stereocenters. The highest BCUT2D eigenvalue weighted by molar-refractivity contribution is 7.93.